The lowest BCUT2D eigenvalue weighted by atomic mass is 10.2. The van der Waals surface area contributed by atoms with Crippen LogP contribution in [-0.2, 0) is 11.3 Å². The Morgan fingerprint density at radius 2 is 1.77 bits per heavy atom. The topological polar surface area (TPSA) is 32.3 Å². The first-order chi connectivity index (χ1) is 10.8. The number of hydrogen-bond acceptors (Lipinski definition) is 2. The number of carbonyl (C=O) groups excluding carboxylic acids is 1. The van der Waals surface area contributed by atoms with Crippen molar-refractivity contribution in [3.05, 3.63) is 60.2 Å². The highest BCUT2D eigenvalue weighted by atomic mass is 16.2. The molecule has 0 aliphatic heterocycles. The highest BCUT2D eigenvalue weighted by Crippen LogP contribution is 2.30. The molecule has 3 rings (SSSR count). The van der Waals surface area contributed by atoms with Crippen LogP contribution < -0.4 is 10.2 Å². The van der Waals surface area contributed by atoms with E-state index in [4.69, 9.17) is 0 Å². The quantitative estimate of drug-likeness (QED) is 0.871. The van der Waals surface area contributed by atoms with E-state index in [0.29, 0.717) is 0 Å². The third kappa shape index (κ3) is 3.67. The third-order valence-electron chi connectivity index (χ3n) is 4.05. The van der Waals surface area contributed by atoms with Crippen LogP contribution in [0.15, 0.2) is 54.6 Å². The summed E-state index contributed by atoms with van der Waals surface area (Å²) in [5.74, 6) is 0.397. The van der Waals surface area contributed by atoms with E-state index in [9.17, 15) is 4.79 Å². The molecule has 3 nitrogen and oxygen atoms in total. The summed E-state index contributed by atoms with van der Waals surface area (Å²) in [5, 5.41) is 2.98. The average molecular weight is 294 g/mol. The predicted octanol–water partition coefficient (Wildman–Crippen LogP) is 4.06. The molecule has 0 atom stereocenters. The Balaban J connectivity index is 1.65. The lowest BCUT2D eigenvalue weighted by Gasteiger charge is -2.23. The number of nitrogens with one attached hydrogen (secondary N) is 1. The monoisotopic (exact) mass is 294 g/mol. The number of nitrogens with zero attached hydrogens (tertiary/aromatic N) is 1. The maximum Gasteiger partial charge on any atom is 0.227 e. The fourth-order valence-electron chi connectivity index (χ4n) is 2.53. The summed E-state index contributed by atoms with van der Waals surface area (Å²) in [7, 11) is 0. The smallest absolute Gasteiger partial charge is 0.227 e. The maximum absolute atomic E-state index is 11.8. The molecule has 0 radical (unpaired) electrons. The van der Waals surface area contributed by atoms with Crippen LogP contribution in [0.5, 0.6) is 0 Å². The molecule has 1 fully saturated rings. The zero-order valence-corrected chi connectivity index (χ0v) is 13.0. The number of amides is 1. The molecule has 22 heavy (non-hydrogen) atoms. The first-order valence-corrected chi connectivity index (χ1v) is 7.96. The van der Waals surface area contributed by atoms with Gasteiger partial charge in [0.1, 0.15) is 0 Å². The van der Waals surface area contributed by atoms with E-state index < -0.39 is 0 Å². The minimum Gasteiger partial charge on any atom is -0.367 e. The highest BCUT2D eigenvalue weighted by molar-refractivity contribution is 5.94. The van der Waals surface area contributed by atoms with Crippen molar-refractivity contribution in [2.45, 2.75) is 26.3 Å². The number of carbonyl (C=O) groups is 1. The second-order valence-corrected chi connectivity index (χ2v) is 5.81. The van der Waals surface area contributed by atoms with Gasteiger partial charge in [-0.15, -0.1) is 0 Å². The van der Waals surface area contributed by atoms with Gasteiger partial charge in [0.05, 0.1) is 0 Å². The fourth-order valence-corrected chi connectivity index (χ4v) is 2.53. The van der Waals surface area contributed by atoms with Crippen molar-refractivity contribution < 1.29 is 4.79 Å². The lowest BCUT2D eigenvalue weighted by molar-refractivity contribution is -0.117. The summed E-state index contributed by atoms with van der Waals surface area (Å²) in [5.41, 5.74) is 3.36. The fraction of sp³-hybridized carbons (Fsp3) is 0.316. The minimum atomic E-state index is 0.157. The summed E-state index contributed by atoms with van der Waals surface area (Å²) in [6, 6.07) is 18.6. The van der Waals surface area contributed by atoms with Gasteiger partial charge < -0.3 is 10.2 Å². The van der Waals surface area contributed by atoms with Crippen LogP contribution in [0, 0.1) is 5.92 Å². The van der Waals surface area contributed by atoms with Crippen LogP contribution in [0.4, 0.5) is 11.4 Å². The van der Waals surface area contributed by atoms with E-state index in [1.807, 2.05) is 18.2 Å². The average Bonchev–Trinajstić information content (AvgIpc) is 3.39. The zero-order chi connectivity index (χ0) is 15.4. The summed E-state index contributed by atoms with van der Waals surface area (Å²) < 4.78 is 0. The molecule has 0 unspecified atom stereocenters. The summed E-state index contributed by atoms with van der Waals surface area (Å²) >= 11 is 0. The van der Waals surface area contributed by atoms with Crippen molar-refractivity contribution in [3.63, 3.8) is 0 Å². The van der Waals surface area contributed by atoms with Crippen molar-refractivity contribution in [2.75, 3.05) is 16.8 Å². The molecule has 0 saturated heterocycles. The normalized spacial score (nSPS) is 13.7. The van der Waals surface area contributed by atoms with E-state index in [1.165, 1.54) is 11.3 Å². The van der Waals surface area contributed by atoms with E-state index in [-0.39, 0.29) is 11.8 Å². The summed E-state index contributed by atoms with van der Waals surface area (Å²) in [6.45, 7) is 4.00. The van der Waals surface area contributed by atoms with Gasteiger partial charge in [-0.25, -0.2) is 0 Å². The van der Waals surface area contributed by atoms with E-state index >= 15 is 0 Å². The van der Waals surface area contributed by atoms with E-state index in [1.54, 1.807) is 0 Å². The molecule has 3 heteroatoms. The number of benzene rings is 2. The molecule has 1 aliphatic carbocycles. The van der Waals surface area contributed by atoms with E-state index in [0.717, 1.165) is 31.6 Å². The van der Waals surface area contributed by atoms with Crippen molar-refractivity contribution >= 4 is 17.3 Å². The SMILES string of the molecule is CCN(Cc1ccccc1)c1ccc(NC(=O)C2CC2)cc1. The Hall–Kier alpha value is -2.29. The van der Waals surface area contributed by atoms with Gasteiger partial charge in [0.25, 0.3) is 0 Å². The van der Waals surface area contributed by atoms with Gasteiger partial charge in [-0.1, -0.05) is 30.3 Å². The molecule has 0 aromatic heterocycles. The molecule has 2 aromatic rings. The van der Waals surface area contributed by atoms with Gasteiger partial charge in [0, 0.05) is 30.4 Å². The standard InChI is InChI=1S/C19H22N2O/c1-2-21(14-15-6-4-3-5-7-15)18-12-10-17(11-13-18)20-19(22)16-8-9-16/h3-7,10-13,16H,2,8-9,14H2,1H3,(H,20,22). The van der Waals surface area contributed by atoms with Crippen LogP contribution >= 0.6 is 0 Å². The Morgan fingerprint density at radius 3 is 2.36 bits per heavy atom. The van der Waals surface area contributed by atoms with Crippen LogP contribution in [-0.4, -0.2) is 12.5 Å². The summed E-state index contributed by atoms with van der Waals surface area (Å²) in [4.78, 5) is 14.1. The van der Waals surface area contributed by atoms with Crippen LogP contribution in [0.1, 0.15) is 25.3 Å². The number of hydrogen-bond donors (Lipinski definition) is 1. The zero-order valence-electron chi connectivity index (χ0n) is 13.0. The van der Waals surface area contributed by atoms with Crippen molar-refractivity contribution in [2.24, 2.45) is 5.92 Å². The molecule has 1 saturated carbocycles. The lowest BCUT2D eigenvalue weighted by Crippen LogP contribution is -2.22. The molecular weight excluding hydrogens is 272 g/mol. The Kier molecular flexibility index (Phi) is 4.42. The van der Waals surface area contributed by atoms with Gasteiger partial charge in [0.15, 0.2) is 0 Å². The number of rotatable bonds is 6. The molecule has 1 N–H and O–H groups in total. The maximum atomic E-state index is 11.8. The molecular formula is C19H22N2O. The minimum absolute atomic E-state index is 0.157. The second kappa shape index (κ2) is 6.65. The first-order valence-electron chi connectivity index (χ1n) is 7.96. The largest absolute Gasteiger partial charge is 0.367 e. The van der Waals surface area contributed by atoms with Gasteiger partial charge in [0.2, 0.25) is 5.91 Å². The van der Waals surface area contributed by atoms with Gasteiger partial charge in [-0.05, 0) is 49.6 Å². The molecule has 1 amide bonds. The molecule has 2 aromatic carbocycles. The van der Waals surface area contributed by atoms with Crippen molar-refractivity contribution in [3.8, 4) is 0 Å². The van der Waals surface area contributed by atoms with Gasteiger partial charge in [-0.2, -0.15) is 0 Å². The van der Waals surface area contributed by atoms with Gasteiger partial charge >= 0.3 is 0 Å². The van der Waals surface area contributed by atoms with Crippen LogP contribution in [0.2, 0.25) is 0 Å². The van der Waals surface area contributed by atoms with Gasteiger partial charge in [-0.3, -0.25) is 4.79 Å². The first kappa shape index (κ1) is 14.6. The second-order valence-electron chi connectivity index (χ2n) is 5.81. The van der Waals surface area contributed by atoms with Crippen molar-refractivity contribution in [1.82, 2.24) is 0 Å². The Bertz CT molecular complexity index is 618. The Labute approximate surface area is 132 Å². The predicted molar refractivity (Wildman–Crippen MR) is 91.0 cm³/mol. The molecule has 0 spiro atoms. The molecule has 1 aliphatic rings. The van der Waals surface area contributed by atoms with E-state index in [2.05, 4.69) is 53.5 Å². The highest BCUT2D eigenvalue weighted by Gasteiger charge is 2.29. The Morgan fingerprint density at radius 1 is 1.09 bits per heavy atom. The van der Waals surface area contributed by atoms with Crippen LogP contribution in [0.3, 0.4) is 0 Å². The van der Waals surface area contributed by atoms with Crippen LogP contribution in [0.25, 0.3) is 0 Å². The summed E-state index contributed by atoms with van der Waals surface area (Å²) in [6.07, 6.45) is 2.06. The molecule has 0 bridgehead atoms. The molecule has 114 valence electrons. The third-order valence-corrected chi connectivity index (χ3v) is 4.05. The molecule has 0 heterocycles. The number of anilines is 2. The van der Waals surface area contributed by atoms with Crippen molar-refractivity contribution in [1.29, 1.82) is 0 Å².